The van der Waals surface area contributed by atoms with Gasteiger partial charge in [-0.05, 0) is 18.6 Å². The molecule has 0 amide bonds. The molecule has 20 heavy (non-hydrogen) atoms. The lowest BCUT2D eigenvalue weighted by atomic mass is 10.0. The average Bonchev–Trinajstić information content (AvgIpc) is 2.40. The zero-order chi connectivity index (χ0) is 13.1. The zero-order valence-electron chi connectivity index (χ0n) is 11.2. The maximum atomic E-state index is 14.0. The number of benzene rings is 1. The first-order chi connectivity index (χ1) is 8.65. The highest BCUT2D eigenvalue weighted by Crippen LogP contribution is 2.32. The van der Waals surface area contributed by atoms with Crippen LogP contribution in [-0.4, -0.2) is 31.1 Å². The zero-order valence-corrected chi connectivity index (χ0v) is 13.6. The fourth-order valence-electron chi connectivity index (χ4n) is 2.49. The standard InChI is InChI=1S/C13H17ClF2N2.2ClH/c1-2-11(18-7-5-17-6-8-18)12-10(15)4-3-9(14)13(12)16;;/h3-4,11,17H,2,5-8H2,1H3;2*1H/t11-;;/m1../s1. The Morgan fingerprint density at radius 2 is 1.85 bits per heavy atom. The third-order valence-electron chi connectivity index (χ3n) is 3.39. The molecule has 0 aliphatic carbocycles. The molecule has 1 aromatic rings. The highest BCUT2D eigenvalue weighted by molar-refractivity contribution is 6.30. The van der Waals surface area contributed by atoms with Gasteiger partial charge in [0.25, 0.3) is 0 Å². The van der Waals surface area contributed by atoms with Gasteiger partial charge in [-0.15, -0.1) is 24.8 Å². The van der Waals surface area contributed by atoms with Gasteiger partial charge in [0.15, 0.2) is 0 Å². The van der Waals surface area contributed by atoms with Gasteiger partial charge in [-0.1, -0.05) is 18.5 Å². The van der Waals surface area contributed by atoms with E-state index in [9.17, 15) is 8.78 Å². The van der Waals surface area contributed by atoms with Crippen molar-refractivity contribution in [2.75, 3.05) is 26.2 Å². The third kappa shape index (κ3) is 4.18. The highest BCUT2D eigenvalue weighted by Gasteiger charge is 2.27. The predicted octanol–water partition coefficient (Wildman–Crippen LogP) is 3.82. The minimum Gasteiger partial charge on any atom is -0.314 e. The van der Waals surface area contributed by atoms with Crippen LogP contribution in [-0.2, 0) is 0 Å². The molecule has 2 nitrogen and oxygen atoms in total. The summed E-state index contributed by atoms with van der Waals surface area (Å²) in [7, 11) is 0. The molecule has 0 saturated carbocycles. The van der Waals surface area contributed by atoms with Crippen molar-refractivity contribution < 1.29 is 8.78 Å². The Morgan fingerprint density at radius 3 is 2.40 bits per heavy atom. The lowest BCUT2D eigenvalue weighted by Gasteiger charge is -2.35. The van der Waals surface area contributed by atoms with Crippen molar-refractivity contribution in [2.24, 2.45) is 0 Å². The van der Waals surface area contributed by atoms with Crippen LogP contribution in [0.3, 0.4) is 0 Å². The van der Waals surface area contributed by atoms with E-state index in [1.165, 1.54) is 12.1 Å². The Bertz CT molecular complexity index is 426. The number of piperazine rings is 1. The molecular weight excluding hydrogens is 329 g/mol. The molecule has 0 unspecified atom stereocenters. The second-order valence-electron chi connectivity index (χ2n) is 4.47. The van der Waals surface area contributed by atoms with Crippen LogP contribution in [0, 0.1) is 11.6 Å². The Kier molecular flexibility index (Phi) is 8.95. The predicted molar refractivity (Wildman–Crippen MR) is 83.3 cm³/mol. The van der Waals surface area contributed by atoms with E-state index in [0.717, 1.165) is 26.2 Å². The van der Waals surface area contributed by atoms with Gasteiger partial charge in [0.1, 0.15) is 11.6 Å². The molecule has 1 N–H and O–H groups in total. The summed E-state index contributed by atoms with van der Waals surface area (Å²) in [6, 6.07) is 2.26. The largest absolute Gasteiger partial charge is 0.314 e. The molecule has 1 heterocycles. The van der Waals surface area contributed by atoms with E-state index < -0.39 is 11.6 Å². The molecule has 1 aliphatic heterocycles. The second kappa shape index (κ2) is 9.00. The fourth-order valence-corrected chi connectivity index (χ4v) is 2.65. The Morgan fingerprint density at radius 1 is 1.25 bits per heavy atom. The maximum Gasteiger partial charge on any atom is 0.149 e. The number of nitrogens with one attached hydrogen (secondary N) is 1. The summed E-state index contributed by atoms with van der Waals surface area (Å²) >= 11 is 5.75. The summed E-state index contributed by atoms with van der Waals surface area (Å²) in [6.45, 7) is 5.22. The van der Waals surface area contributed by atoms with E-state index >= 15 is 0 Å². The molecule has 0 radical (unpaired) electrons. The summed E-state index contributed by atoms with van der Waals surface area (Å²) in [5.74, 6) is -1.13. The van der Waals surface area contributed by atoms with Gasteiger partial charge in [-0.3, -0.25) is 4.90 Å². The number of halogens is 5. The van der Waals surface area contributed by atoms with Crippen molar-refractivity contribution in [3.63, 3.8) is 0 Å². The minimum absolute atomic E-state index is 0. The van der Waals surface area contributed by atoms with Crippen molar-refractivity contribution in [1.29, 1.82) is 0 Å². The van der Waals surface area contributed by atoms with Gasteiger partial charge < -0.3 is 5.32 Å². The second-order valence-corrected chi connectivity index (χ2v) is 4.87. The Hall–Kier alpha value is -0.130. The molecule has 2 rings (SSSR count). The average molecular weight is 348 g/mol. The van der Waals surface area contributed by atoms with Gasteiger partial charge in [-0.2, -0.15) is 0 Å². The van der Waals surface area contributed by atoms with Crippen LogP contribution >= 0.6 is 36.4 Å². The van der Waals surface area contributed by atoms with Crippen LogP contribution in [0.25, 0.3) is 0 Å². The summed E-state index contributed by atoms with van der Waals surface area (Å²) < 4.78 is 27.9. The lowest BCUT2D eigenvalue weighted by Crippen LogP contribution is -2.45. The molecular formula is C13H19Cl3F2N2. The minimum atomic E-state index is -0.623. The Labute approximate surface area is 135 Å². The van der Waals surface area contributed by atoms with E-state index in [0.29, 0.717) is 6.42 Å². The van der Waals surface area contributed by atoms with Gasteiger partial charge in [0.2, 0.25) is 0 Å². The van der Waals surface area contributed by atoms with Crippen molar-refractivity contribution in [3.8, 4) is 0 Å². The van der Waals surface area contributed by atoms with Gasteiger partial charge >= 0.3 is 0 Å². The molecule has 0 aromatic heterocycles. The maximum absolute atomic E-state index is 14.0. The molecule has 1 aliphatic rings. The van der Waals surface area contributed by atoms with Crippen LogP contribution in [0.15, 0.2) is 12.1 Å². The highest BCUT2D eigenvalue weighted by atomic mass is 35.5. The number of rotatable bonds is 3. The van der Waals surface area contributed by atoms with E-state index in [2.05, 4.69) is 10.2 Å². The van der Waals surface area contributed by atoms with E-state index in [-0.39, 0.29) is 41.4 Å². The molecule has 1 atom stereocenters. The van der Waals surface area contributed by atoms with Crippen molar-refractivity contribution in [3.05, 3.63) is 34.4 Å². The molecule has 1 fully saturated rings. The first-order valence-electron chi connectivity index (χ1n) is 6.23. The van der Waals surface area contributed by atoms with Gasteiger partial charge in [-0.25, -0.2) is 8.78 Å². The van der Waals surface area contributed by atoms with Gasteiger partial charge in [0, 0.05) is 37.8 Å². The van der Waals surface area contributed by atoms with Crippen molar-refractivity contribution in [2.45, 2.75) is 19.4 Å². The fraction of sp³-hybridized carbons (Fsp3) is 0.538. The summed E-state index contributed by atoms with van der Waals surface area (Å²) in [4.78, 5) is 2.11. The normalized spacial score (nSPS) is 17.0. The van der Waals surface area contributed by atoms with E-state index in [1.807, 2.05) is 6.92 Å². The van der Waals surface area contributed by atoms with Crippen molar-refractivity contribution in [1.82, 2.24) is 10.2 Å². The molecule has 7 heteroatoms. The van der Waals surface area contributed by atoms with Crippen LogP contribution in [0.4, 0.5) is 8.78 Å². The van der Waals surface area contributed by atoms with Crippen LogP contribution in [0.1, 0.15) is 24.9 Å². The van der Waals surface area contributed by atoms with Gasteiger partial charge in [0.05, 0.1) is 5.02 Å². The molecule has 0 bridgehead atoms. The third-order valence-corrected chi connectivity index (χ3v) is 3.68. The summed E-state index contributed by atoms with van der Waals surface area (Å²) in [5.41, 5.74) is 0.104. The molecule has 1 aromatic carbocycles. The number of hydrogen-bond acceptors (Lipinski definition) is 2. The quantitative estimate of drug-likeness (QED) is 0.836. The van der Waals surface area contributed by atoms with Crippen LogP contribution in [0.2, 0.25) is 5.02 Å². The SMILES string of the molecule is CC[C@H](c1c(F)ccc(Cl)c1F)N1CCNCC1.Cl.Cl. The topological polar surface area (TPSA) is 15.3 Å². The Balaban J connectivity index is 0.00000180. The lowest BCUT2D eigenvalue weighted by molar-refractivity contribution is 0.163. The van der Waals surface area contributed by atoms with E-state index in [4.69, 9.17) is 11.6 Å². The smallest absolute Gasteiger partial charge is 0.149 e. The van der Waals surface area contributed by atoms with Crippen molar-refractivity contribution >= 4 is 36.4 Å². The number of nitrogens with zero attached hydrogens (tertiary/aromatic N) is 1. The van der Waals surface area contributed by atoms with Crippen LogP contribution in [0.5, 0.6) is 0 Å². The monoisotopic (exact) mass is 346 g/mol. The van der Waals surface area contributed by atoms with E-state index in [1.54, 1.807) is 0 Å². The first-order valence-corrected chi connectivity index (χ1v) is 6.61. The van der Waals surface area contributed by atoms with Crippen LogP contribution < -0.4 is 5.32 Å². The molecule has 0 spiro atoms. The summed E-state index contributed by atoms with van der Waals surface area (Å²) in [6.07, 6.45) is 0.661. The number of hydrogen-bond donors (Lipinski definition) is 1. The molecule has 1 saturated heterocycles. The first kappa shape index (κ1) is 19.9. The molecule has 116 valence electrons. The summed E-state index contributed by atoms with van der Waals surface area (Å²) in [5, 5.41) is 3.22.